The fourth-order valence-electron chi connectivity index (χ4n) is 5.21. The number of methoxy groups -OCH3 is 1. The van der Waals surface area contributed by atoms with E-state index in [1.54, 1.807) is 7.11 Å². The van der Waals surface area contributed by atoms with Gasteiger partial charge in [0.1, 0.15) is 5.75 Å². The Bertz CT molecular complexity index is 612. The molecule has 144 valence electrons. The summed E-state index contributed by atoms with van der Waals surface area (Å²) in [4.78, 5) is 15.1. The monoisotopic (exact) mass is 378 g/mol. The molecule has 1 aromatic carbocycles. The number of fused-ring (bicyclic) bond motifs is 2. The minimum atomic E-state index is 0. The van der Waals surface area contributed by atoms with Crippen LogP contribution in [0.4, 0.5) is 0 Å². The molecule has 3 saturated heterocycles. The number of nitrogens with one attached hydrogen (secondary N) is 1. The molecule has 0 aliphatic carbocycles. The molecule has 3 unspecified atom stereocenters. The second-order valence-electron chi connectivity index (χ2n) is 8.08. The number of para-hydroxylation sites is 1. The highest BCUT2D eigenvalue weighted by Gasteiger charge is 2.36. The van der Waals surface area contributed by atoms with Crippen molar-refractivity contribution in [2.45, 2.75) is 69.5 Å². The van der Waals surface area contributed by atoms with E-state index in [1.807, 2.05) is 12.1 Å². The summed E-state index contributed by atoms with van der Waals surface area (Å²) in [5.41, 5.74) is 1.22. The van der Waals surface area contributed by atoms with Gasteiger partial charge in [0, 0.05) is 31.1 Å². The highest BCUT2D eigenvalue weighted by molar-refractivity contribution is 5.85. The van der Waals surface area contributed by atoms with Crippen LogP contribution in [0.2, 0.25) is 0 Å². The van der Waals surface area contributed by atoms with Gasteiger partial charge in [0.05, 0.1) is 7.11 Å². The topological polar surface area (TPSA) is 41.6 Å². The van der Waals surface area contributed by atoms with Crippen molar-refractivity contribution < 1.29 is 9.53 Å². The zero-order valence-electron chi connectivity index (χ0n) is 15.7. The van der Waals surface area contributed by atoms with E-state index in [0.29, 0.717) is 30.0 Å². The molecule has 26 heavy (non-hydrogen) atoms. The Morgan fingerprint density at radius 1 is 1.19 bits per heavy atom. The summed E-state index contributed by atoms with van der Waals surface area (Å²) in [6.45, 7) is 0.927. The van der Waals surface area contributed by atoms with Gasteiger partial charge < -0.3 is 15.0 Å². The van der Waals surface area contributed by atoms with Crippen molar-refractivity contribution >= 4 is 18.3 Å². The second-order valence-corrected chi connectivity index (χ2v) is 8.08. The molecular weight excluding hydrogens is 348 g/mol. The maximum Gasteiger partial charge on any atom is 0.223 e. The van der Waals surface area contributed by atoms with Crippen LogP contribution in [0.1, 0.15) is 50.5 Å². The molecule has 2 bridgehead atoms. The Kier molecular flexibility index (Phi) is 6.46. The molecule has 3 atom stereocenters. The molecule has 0 saturated carbocycles. The lowest BCUT2D eigenvalue weighted by Gasteiger charge is -2.31. The highest BCUT2D eigenvalue weighted by atomic mass is 35.5. The van der Waals surface area contributed by atoms with Crippen LogP contribution < -0.4 is 10.1 Å². The fraction of sp³-hybridized carbons (Fsp3) is 0.667. The third-order valence-corrected chi connectivity index (χ3v) is 6.38. The summed E-state index contributed by atoms with van der Waals surface area (Å²) in [5, 5.41) is 3.68. The van der Waals surface area contributed by atoms with Crippen molar-refractivity contribution in [1.29, 1.82) is 0 Å². The molecule has 0 spiro atoms. The number of ether oxygens (including phenoxy) is 1. The number of halogens is 1. The van der Waals surface area contributed by atoms with Gasteiger partial charge in [-0.1, -0.05) is 18.2 Å². The highest BCUT2D eigenvalue weighted by Crippen LogP contribution is 2.34. The lowest BCUT2D eigenvalue weighted by Crippen LogP contribution is -2.42. The number of carbonyl (C=O) groups excluding carboxylic acids is 1. The maximum absolute atomic E-state index is 13.0. The molecule has 1 aromatic rings. The molecule has 5 heteroatoms. The first kappa shape index (κ1) is 19.5. The average Bonchev–Trinajstić information content (AvgIpc) is 3.21. The van der Waals surface area contributed by atoms with Crippen LogP contribution in [0.5, 0.6) is 5.75 Å². The molecule has 3 aliphatic heterocycles. The molecule has 4 nitrogen and oxygen atoms in total. The van der Waals surface area contributed by atoms with Gasteiger partial charge in [-0.2, -0.15) is 0 Å². The minimum absolute atomic E-state index is 0. The van der Waals surface area contributed by atoms with Crippen LogP contribution in [0.15, 0.2) is 24.3 Å². The normalized spacial score (nSPS) is 30.1. The summed E-state index contributed by atoms with van der Waals surface area (Å²) < 4.78 is 5.49. The molecule has 1 N–H and O–H groups in total. The molecule has 3 aliphatic rings. The van der Waals surface area contributed by atoms with E-state index >= 15 is 0 Å². The van der Waals surface area contributed by atoms with Gasteiger partial charge in [-0.05, 0) is 62.5 Å². The Balaban J connectivity index is 0.00000196. The largest absolute Gasteiger partial charge is 0.496 e. The number of benzene rings is 1. The van der Waals surface area contributed by atoms with E-state index in [1.165, 1.54) is 31.2 Å². The summed E-state index contributed by atoms with van der Waals surface area (Å²) in [7, 11) is 1.72. The van der Waals surface area contributed by atoms with Crippen LogP contribution in [0, 0.1) is 5.92 Å². The number of piperidine rings is 1. The number of amides is 1. The first-order valence-electron chi connectivity index (χ1n) is 9.90. The lowest BCUT2D eigenvalue weighted by molar-refractivity contribution is -0.133. The summed E-state index contributed by atoms with van der Waals surface area (Å²) in [6, 6.07) is 9.88. The summed E-state index contributed by atoms with van der Waals surface area (Å²) >= 11 is 0. The lowest BCUT2D eigenvalue weighted by atomic mass is 9.89. The van der Waals surface area contributed by atoms with Crippen LogP contribution in [-0.2, 0) is 11.2 Å². The number of nitrogens with zero attached hydrogens (tertiary/aromatic N) is 1. The number of hydrogen-bond donors (Lipinski definition) is 1. The smallest absolute Gasteiger partial charge is 0.223 e. The van der Waals surface area contributed by atoms with Crippen molar-refractivity contribution in [1.82, 2.24) is 10.2 Å². The zero-order valence-corrected chi connectivity index (χ0v) is 16.5. The Morgan fingerprint density at radius 2 is 1.92 bits per heavy atom. The Morgan fingerprint density at radius 3 is 2.65 bits per heavy atom. The van der Waals surface area contributed by atoms with E-state index in [0.717, 1.165) is 38.0 Å². The van der Waals surface area contributed by atoms with Crippen molar-refractivity contribution in [3.05, 3.63) is 29.8 Å². The zero-order chi connectivity index (χ0) is 17.2. The number of rotatable bonds is 5. The van der Waals surface area contributed by atoms with Gasteiger partial charge >= 0.3 is 0 Å². The first-order chi connectivity index (χ1) is 12.2. The molecule has 3 heterocycles. The summed E-state index contributed by atoms with van der Waals surface area (Å²) in [6.07, 6.45) is 8.88. The third kappa shape index (κ3) is 4.17. The second kappa shape index (κ2) is 8.62. The van der Waals surface area contributed by atoms with E-state index in [4.69, 9.17) is 4.74 Å². The van der Waals surface area contributed by atoms with Gasteiger partial charge in [-0.3, -0.25) is 4.79 Å². The van der Waals surface area contributed by atoms with Crippen molar-refractivity contribution in [2.24, 2.45) is 5.92 Å². The third-order valence-electron chi connectivity index (χ3n) is 6.38. The van der Waals surface area contributed by atoms with Crippen molar-refractivity contribution in [3.8, 4) is 5.75 Å². The van der Waals surface area contributed by atoms with Crippen molar-refractivity contribution in [2.75, 3.05) is 13.7 Å². The Labute approximate surface area is 163 Å². The quantitative estimate of drug-likeness (QED) is 0.851. The summed E-state index contributed by atoms with van der Waals surface area (Å²) in [5.74, 6) is 1.90. The fourth-order valence-corrected chi connectivity index (χ4v) is 5.21. The molecule has 1 amide bonds. The molecule has 4 rings (SSSR count). The van der Waals surface area contributed by atoms with E-state index in [9.17, 15) is 4.79 Å². The van der Waals surface area contributed by atoms with Gasteiger partial charge in [0.15, 0.2) is 0 Å². The number of likely N-dealkylation sites (tertiary alicyclic amines) is 1. The number of hydrogen-bond acceptors (Lipinski definition) is 3. The van der Waals surface area contributed by atoms with E-state index in [-0.39, 0.29) is 12.4 Å². The van der Waals surface area contributed by atoms with E-state index in [2.05, 4.69) is 22.3 Å². The van der Waals surface area contributed by atoms with Crippen LogP contribution >= 0.6 is 12.4 Å². The Hall–Kier alpha value is -1.26. The molecule has 3 fully saturated rings. The average molecular weight is 379 g/mol. The van der Waals surface area contributed by atoms with Crippen LogP contribution in [0.3, 0.4) is 0 Å². The van der Waals surface area contributed by atoms with Crippen LogP contribution in [-0.4, -0.2) is 42.6 Å². The maximum atomic E-state index is 13.0. The minimum Gasteiger partial charge on any atom is -0.496 e. The van der Waals surface area contributed by atoms with Gasteiger partial charge in [-0.25, -0.2) is 0 Å². The van der Waals surface area contributed by atoms with Gasteiger partial charge in [0.25, 0.3) is 0 Å². The van der Waals surface area contributed by atoms with E-state index < -0.39 is 0 Å². The van der Waals surface area contributed by atoms with Crippen LogP contribution in [0.25, 0.3) is 0 Å². The predicted octanol–water partition coefficient (Wildman–Crippen LogP) is 3.57. The standard InChI is InChI=1S/C21H30N2O2.ClH/c1-25-20-7-3-2-5-16(20)14-19-6-4-10-23(19)21(24)13-15-11-17-8-9-18(12-15)22-17;/h2-3,5,7,15,17-19,22H,4,6,8-14H2,1H3;1H. The molecular formula is C21H31ClN2O2. The SMILES string of the molecule is COc1ccccc1CC1CCCN1C(=O)CC1CC2CCC(C1)N2.Cl. The molecule has 0 radical (unpaired) electrons. The predicted molar refractivity (Wildman–Crippen MR) is 106 cm³/mol. The van der Waals surface area contributed by atoms with Crippen molar-refractivity contribution in [3.63, 3.8) is 0 Å². The first-order valence-corrected chi connectivity index (χ1v) is 9.90. The van der Waals surface area contributed by atoms with Gasteiger partial charge in [0.2, 0.25) is 5.91 Å². The van der Waals surface area contributed by atoms with Gasteiger partial charge in [-0.15, -0.1) is 12.4 Å². The number of carbonyl (C=O) groups is 1. The molecule has 0 aromatic heterocycles.